The van der Waals surface area contributed by atoms with Crippen LogP contribution < -0.4 is 5.48 Å². The van der Waals surface area contributed by atoms with E-state index in [0.29, 0.717) is 0 Å². The maximum atomic E-state index is 10.6. The number of cyclic esters (lactones) is 1. The predicted octanol–water partition coefficient (Wildman–Crippen LogP) is 1.36. The van der Waals surface area contributed by atoms with Crippen LogP contribution >= 0.6 is 0 Å². The number of nitrogens with one attached hydrogen (secondary N) is 1. The van der Waals surface area contributed by atoms with Crippen LogP contribution in [0.25, 0.3) is 0 Å². The van der Waals surface area contributed by atoms with E-state index in [-0.39, 0.29) is 0 Å². The Morgan fingerprint density at radius 2 is 2.00 bits per heavy atom. The van der Waals surface area contributed by atoms with Gasteiger partial charge in [-0.2, -0.15) is 5.48 Å². The molecule has 1 saturated heterocycles. The molecule has 1 aliphatic rings. The lowest BCUT2D eigenvalue weighted by Crippen LogP contribution is -2.10. The topological polar surface area (TPSA) is 47.6 Å². The van der Waals surface area contributed by atoms with Gasteiger partial charge < -0.3 is 4.74 Å². The Morgan fingerprint density at radius 3 is 2.58 bits per heavy atom. The maximum absolute atomic E-state index is 10.6. The molecular formula is C8H7NO3. The lowest BCUT2D eigenvalue weighted by atomic mass is 10.2. The highest BCUT2D eigenvalue weighted by Crippen LogP contribution is 2.20. The summed E-state index contributed by atoms with van der Waals surface area (Å²) in [6, 6.07) is 9.24. The number of benzene rings is 1. The van der Waals surface area contributed by atoms with Gasteiger partial charge in [-0.05, 0) is 0 Å². The van der Waals surface area contributed by atoms with Crippen LogP contribution in [0.5, 0.6) is 0 Å². The lowest BCUT2D eigenvalue weighted by Gasteiger charge is -2.04. The molecule has 1 fully saturated rings. The largest absolute Gasteiger partial charge is 0.434 e. The first kappa shape index (κ1) is 7.12. The molecule has 2 rings (SSSR count). The van der Waals surface area contributed by atoms with Crippen LogP contribution in [0.1, 0.15) is 11.9 Å². The average Bonchev–Trinajstić information content (AvgIpc) is 2.54. The van der Waals surface area contributed by atoms with Crippen LogP contribution in [-0.2, 0) is 9.57 Å². The van der Waals surface area contributed by atoms with Gasteiger partial charge in [0.1, 0.15) is 0 Å². The van der Waals surface area contributed by atoms with Crippen molar-refractivity contribution in [2.75, 3.05) is 0 Å². The summed E-state index contributed by atoms with van der Waals surface area (Å²) in [5, 5.41) is 0. The molecular weight excluding hydrogens is 158 g/mol. The van der Waals surface area contributed by atoms with E-state index < -0.39 is 12.4 Å². The number of amides is 1. The van der Waals surface area contributed by atoms with Gasteiger partial charge in [-0.3, -0.25) is 0 Å². The molecule has 4 heteroatoms. The molecule has 0 aliphatic carbocycles. The summed E-state index contributed by atoms with van der Waals surface area (Å²) in [5.41, 5.74) is 2.92. The van der Waals surface area contributed by atoms with Crippen molar-refractivity contribution in [2.45, 2.75) is 6.29 Å². The molecule has 1 aromatic rings. The highest BCUT2D eigenvalue weighted by molar-refractivity contribution is 5.67. The number of ether oxygens (including phenoxy) is 1. The van der Waals surface area contributed by atoms with Crippen LogP contribution in [0.15, 0.2) is 30.3 Å². The minimum Gasteiger partial charge on any atom is -0.411 e. The Morgan fingerprint density at radius 1 is 1.25 bits per heavy atom. The minimum absolute atomic E-state index is 0.552. The third-order valence-corrected chi connectivity index (χ3v) is 1.54. The van der Waals surface area contributed by atoms with Gasteiger partial charge in [0, 0.05) is 5.56 Å². The minimum atomic E-state index is -0.612. The summed E-state index contributed by atoms with van der Waals surface area (Å²) in [6.45, 7) is 0. The number of hydrogen-bond donors (Lipinski definition) is 1. The fourth-order valence-electron chi connectivity index (χ4n) is 0.993. The number of carbonyl (C=O) groups is 1. The summed E-state index contributed by atoms with van der Waals surface area (Å²) in [7, 11) is 0. The van der Waals surface area contributed by atoms with E-state index in [4.69, 9.17) is 9.57 Å². The molecule has 1 atom stereocenters. The average molecular weight is 165 g/mol. The summed E-state index contributed by atoms with van der Waals surface area (Å²) < 4.78 is 4.78. The molecule has 12 heavy (non-hydrogen) atoms. The molecule has 1 unspecified atom stereocenters. The summed E-state index contributed by atoms with van der Waals surface area (Å²) in [5.74, 6) is 0. The molecule has 1 amide bonds. The Kier molecular flexibility index (Phi) is 1.68. The van der Waals surface area contributed by atoms with Crippen molar-refractivity contribution in [2.24, 2.45) is 0 Å². The molecule has 1 aromatic carbocycles. The lowest BCUT2D eigenvalue weighted by molar-refractivity contribution is -0.0605. The summed E-state index contributed by atoms with van der Waals surface area (Å²) in [4.78, 5) is 15.4. The SMILES string of the molecule is O=C1NOC(c2ccccc2)O1. The highest BCUT2D eigenvalue weighted by atomic mass is 16.9. The van der Waals surface area contributed by atoms with E-state index in [1.807, 2.05) is 30.3 Å². The first-order chi connectivity index (χ1) is 5.86. The Hall–Kier alpha value is -1.55. The van der Waals surface area contributed by atoms with Gasteiger partial charge in [-0.15, -0.1) is 0 Å². The van der Waals surface area contributed by atoms with E-state index in [1.165, 1.54) is 0 Å². The number of hydroxylamine groups is 1. The molecule has 1 aliphatic heterocycles. The highest BCUT2D eigenvalue weighted by Gasteiger charge is 2.24. The standard InChI is InChI=1S/C8H7NO3/c10-8-9-12-7(11-8)6-4-2-1-3-5-6/h1-5,7H,(H,9,10). The van der Waals surface area contributed by atoms with Crippen molar-refractivity contribution in [1.82, 2.24) is 5.48 Å². The number of carbonyl (C=O) groups excluding carboxylic acids is 1. The van der Waals surface area contributed by atoms with Gasteiger partial charge in [-0.1, -0.05) is 30.3 Å². The van der Waals surface area contributed by atoms with Gasteiger partial charge >= 0.3 is 6.09 Å². The fraction of sp³-hybridized carbons (Fsp3) is 0.125. The molecule has 1 heterocycles. The molecule has 0 aromatic heterocycles. The molecule has 0 spiro atoms. The zero-order valence-corrected chi connectivity index (χ0v) is 6.19. The normalized spacial score (nSPS) is 21.7. The van der Waals surface area contributed by atoms with Crippen molar-refractivity contribution in [1.29, 1.82) is 0 Å². The van der Waals surface area contributed by atoms with Crippen molar-refractivity contribution < 1.29 is 14.4 Å². The van der Waals surface area contributed by atoms with Gasteiger partial charge in [-0.25, -0.2) is 9.63 Å². The molecule has 0 bridgehead atoms. The fourth-order valence-corrected chi connectivity index (χ4v) is 0.993. The van der Waals surface area contributed by atoms with Gasteiger partial charge in [0.05, 0.1) is 0 Å². The van der Waals surface area contributed by atoms with Crippen LogP contribution in [-0.4, -0.2) is 6.09 Å². The van der Waals surface area contributed by atoms with E-state index in [9.17, 15) is 4.79 Å². The van der Waals surface area contributed by atoms with E-state index in [2.05, 4.69) is 5.48 Å². The van der Waals surface area contributed by atoms with E-state index in [0.717, 1.165) is 5.56 Å². The molecule has 0 radical (unpaired) electrons. The van der Waals surface area contributed by atoms with Crippen LogP contribution in [0.4, 0.5) is 4.79 Å². The second kappa shape index (κ2) is 2.83. The van der Waals surface area contributed by atoms with Gasteiger partial charge in [0.15, 0.2) is 0 Å². The predicted molar refractivity (Wildman–Crippen MR) is 39.9 cm³/mol. The Bertz CT molecular complexity index is 286. The van der Waals surface area contributed by atoms with Crippen LogP contribution in [0.3, 0.4) is 0 Å². The smallest absolute Gasteiger partial charge is 0.411 e. The zero-order valence-electron chi connectivity index (χ0n) is 6.19. The second-order valence-electron chi connectivity index (χ2n) is 2.37. The maximum Gasteiger partial charge on any atom is 0.434 e. The third-order valence-electron chi connectivity index (χ3n) is 1.54. The number of hydrogen-bond acceptors (Lipinski definition) is 3. The van der Waals surface area contributed by atoms with Crippen molar-refractivity contribution in [3.05, 3.63) is 35.9 Å². The van der Waals surface area contributed by atoms with Crippen molar-refractivity contribution in [3.63, 3.8) is 0 Å². The number of rotatable bonds is 1. The molecule has 1 N–H and O–H groups in total. The second-order valence-corrected chi connectivity index (χ2v) is 2.37. The quantitative estimate of drug-likeness (QED) is 0.683. The Labute approximate surface area is 69.0 Å². The molecule has 0 saturated carbocycles. The van der Waals surface area contributed by atoms with Crippen LogP contribution in [0, 0.1) is 0 Å². The monoisotopic (exact) mass is 165 g/mol. The van der Waals surface area contributed by atoms with E-state index in [1.54, 1.807) is 0 Å². The van der Waals surface area contributed by atoms with Crippen molar-refractivity contribution in [3.8, 4) is 0 Å². The summed E-state index contributed by atoms with van der Waals surface area (Å²) in [6.07, 6.45) is -1.16. The van der Waals surface area contributed by atoms with Gasteiger partial charge in [0.25, 0.3) is 6.29 Å². The zero-order chi connectivity index (χ0) is 8.39. The van der Waals surface area contributed by atoms with E-state index >= 15 is 0 Å². The van der Waals surface area contributed by atoms with Crippen LogP contribution in [0.2, 0.25) is 0 Å². The first-order valence-electron chi connectivity index (χ1n) is 3.53. The summed E-state index contributed by atoms with van der Waals surface area (Å²) >= 11 is 0. The third kappa shape index (κ3) is 1.24. The first-order valence-corrected chi connectivity index (χ1v) is 3.53. The van der Waals surface area contributed by atoms with Gasteiger partial charge in [0.2, 0.25) is 0 Å². The van der Waals surface area contributed by atoms with Crippen molar-refractivity contribution >= 4 is 6.09 Å². The molecule has 62 valence electrons. The molecule has 4 nitrogen and oxygen atoms in total. The Balaban J connectivity index is 2.16.